The van der Waals surface area contributed by atoms with Gasteiger partial charge in [0.1, 0.15) is 5.82 Å². The van der Waals surface area contributed by atoms with Gasteiger partial charge in [-0.2, -0.15) is 0 Å². The standard InChI is InChI=1S/C44H61N3O2S/c1-28(2)31-18-23-44(46-27-26-45-36-10-9-11-37(47-36)50-8)25-24-42(6)33(38(31)44)16-17-35-41(5)21-19-32(29-12-14-30(15-13-29)39(48)49)40(3,4)34(41)20-22-43(35,42)7/h9-15,19,31,33-35,38,46H,1,16-18,20-27H2,2-8H3,(H,45,47)(H,48,49). The van der Waals surface area contributed by atoms with Crippen molar-refractivity contribution in [1.82, 2.24) is 10.3 Å². The van der Waals surface area contributed by atoms with Gasteiger partial charge in [-0.3, -0.25) is 0 Å². The number of allylic oxidation sites excluding steroid dienone is 3. The maximum absolute atomic E-state index is 11.6. The molecule has 7 rings (SSSR count). The van der Waals surface area contributed by atoms with E-state index >= 15 is 0 Å². The summed E-state index contributed by atoms with van der Waals surface area (Å²) in [7, 11) is 0. The number of pyridine rings is 1. The second-order valence-corrected chi connectivity index (χ2v) is 19.0. The van der Waals surface area contributed by atoms with E-state index in [0.717, 1.165) is 30.4 Å². The third-order valence-corrected chi connectivity index (χ3v) is 16.6. The molecule has 5 aliphatic carbocycles. The minimum absolute atomic E-state index is 0.0270. The predicted octanol–water partition coefficient (Wildman–Crippen LogP) is 10.6. The fraction of sp³-hybridized carbons (Fsp3) is 0.636. The van der Waals surface area contributed by atoms with Gasteiger partial charge in [-0.25, -0.2) is 9.78 Å². The minimum atomic E-state index is -0.859. The van der Waals surface area contributed by atoms with Crippen LogP contribution in [0.15, 0.2) is 65.7 Å². The van der Waals surface area contributed by atoms with Gasteiger partial charge in [-0.15, -0.1) is 11.8 Å². The van der Waals surface area contributed by atoms with Crippen LogP contribution in [0, 0.1) is 51.2 Å². The Morgan fingerprint density at radius 1 is 0.920 bits per heavy atom. The molecule has 1 aromatic carbocycles. The van der Waals surface area contributed by atoms with E-state index in [9.17, 15) is 9.90 Å². The number of fused-ring (bicyclic) bond motifs is 7. The third kappa shape index (κ3) is 5.44. The van der Waals surface area contributed by atoms with Crippen molar-refractivity contribution in [3.8, 4) is 0 Å². The second-order valence-electron chi connectivity index (χ2n) is 18.2. The summed E-state index contributed by atoms with van der Waals surface area (Å²) in [6, 6.07) is 13.9. The summed E-state index contributed by atoms with van der Waals surface area (Å²) in [5.41, 5.74) is 5.42. The Bertz CT molecular complexity index is 1670. The summed E-state index contributed by atoms with van der Waals surface area (Å²) in [4.78, 5) is 16.3. The molecule has 2 aromatic rings. The van der Waals surface area contributed by atoms with E-state index in [4.69, 9.17) is 4.98 Å². The molecule has 0 amide bonds. The number of thioether (sulfide) groups is 1. The van der Waals surface area contributed by atoms with Crippen LogP contribution in [0.4, 0.5) is 5.82 Å². The number of benzene rings is 1. The molecular weight excluding hydrogens is 635 g/mol. The molecule has 9 atom stereocenters. The highest BCUT2D eigenvalue weighted by molar-refractivity contribution is 7.98. The molecule has 5 aliphatic rings. The number of aromatic carboxylic acids is 1. The number of hydrogen-bond acceptors (Lipinski definition) is 5. The Kier molecular flexibility index (Phi) is 9.19. The Morgan fingerprint density at radius 2 is 1.68 bits per heavy atom. The van der Waals surface area contributed by atoms with Crippen LogP contribution in [-0.4, -0.2) is 40.9 Å². The lowest BCUT2D eigenvalue weighted by atomic mass is 9.33. The SMILES string of the molecule is C=C(C)C1CCC2(NCCNc3cccc(SC)n3)CCC3(C)C(CCC4C5(C)CC=C(c6ccc(C(=O)O)cc6)C(C)(C)C5CCC43C)C12. The number of aromatic nitrogens is 1. The largest absolute Gasteiger partial charge is 0.478 e. The summed E-state index contributed by atoms with van der Waals surface area (Å²) in [6.07, 6.45) is 16.1. The van der Waals surface area contributed by atoms with Gasteiger partial charge in [0, 0.05) is 18.6 Å². The van der Waals surface area contributed by atoms with Crippen LogP contribution in [0.25, 0.3) is 5.57 Å². The predicted molar refractivity (Wildman–Crippen MR) is 209 cm³/mol. The lowest BCUT2D eigenvalue weighted by Crippen LogP contribution is -2.68. The summed E-state index contributed by atoms with van der Waals surface area (Å²) in [5, 5.41) is 18.4. The van der Waals surface area contributed by atoms with Crippen molar-refractivity contribution in [1.29, 1.82) is 0 Å². The van der Waals surface area contributed by atoms with Crippen LogP contribution >= 0.6 is 11.8 Å². The van der Waals surface area contributed by atoms with Gasteiger partial charge in [0.15, 0.2) is 0 Å². The van der Waals surface area contributed by atoms with Crippen molar-refractivity contribution in [2.75, 3.05) is 24.7 Å². The van der Waals surface area contributed by atoms with E-state index in [0.29, 0.717) is 46.0 Å². The first-order valence-electron chi connectivity index (χ1n) is 19.4. The molecule has 0 bridgehead atoms. The maximum Gasteiger partial charge on any atom is 0.335 e. The van der Waals surface area contributed by atoms with Gasteiger partial charge < -0.3 is 15.7 Å². The Balaban J connectivity index is 1.14. The molecule has 5 nitrogen and oxygen atoms in total. The molecule has 270 valence electrons. The molecule has 1 aromatic heterocycles. The summed E-state index contributed by atoms with van der Waals surface area (Å²) in [6.45, 7) is 21.8. The number of hydrogen-bond donors (Lipinski definition) is 3. The Labute approximate surface area is 306 Å². The summed E-state index contributed by atoms with van der Waals surface area (Å²) >= 11 is 1.69. The minimum Gasteiger partial charge on any atom is -0.478 e. The van der Waals surface area contributed by atoms with E-state index in [-0.39, 0.29) is 16.4 Å². The van der Waals surface area contributed by atoms with Crippen molar-refractivity contribution >= 4 is 29.1 Å². The van der Waals surface area contributed by atoms with Crippen LogP contribution in [0.2, 0.25) is 0 Å². The smallest absolute Gasteiger partial charge is 0.335 e. The molecule has 0 spiro atoms. The van der Waals surface area contributed by atoms with Crippen LogP contribution in [0.1, 0.15) is 115 Å². The van der Waals surface area contributed by atoms with Crippen LogP contribution in [0.3, 0.4) is 0 Å². The number of carboxylic acid groups (broad SMARTS) is 1. The van der Waals surface area contributed by atoms with Crippen LogP contribution in [-0.2, 0) is 0 Å². The molecule has 9 unspecified atom stereocenters. The van der Waals surface area contributed by atoms with Crippen molar-refractivity contribution in [2.24, 2.45) is 51.2 Å². The number of carboxylic acids is 1. The number of carbonyl (C=O) groups is 1. The molecular formula is C44H61N3O2S. The molecule has 50 heavy (non-hydrogen) atoms. The summed E-state index contributed by atoms with van der Waals surface area (Å²) < 4.78 is 0. The normalized spacial score (nSPS) is 38.5. The van der Waals surface area contributed by atoms with Gasteiger partial charge >= 0.3 is 5.97 Å². The summed E-state index contributed by atoms with van der Waals surface area (Å²) in [5.74, 6) is 3.35. The van der Waals surface area contributed by atoms with Crippen LogP contribution in [0.5, 0.6) is 0 Å². The number of anilines is 1. The zero-order chi connectivity index (χ0) is 35.7. The fourth-order valence-electron chi connectivity index (χ4n) is 13.5. The van der Waals surface area contributed by atoms with Crippen molar-refractivity contribution in [3.05, 3.63) is 71.8 Å². The highest BCUT2D eigenvalue weighted by Gasteiger charge is 2.70. The Morgan fingerprint density at radius 3 is 2.38 bits per heavy atom. The molecule has 6 heteroatoms. The molecule has 3 N–H and O–H groups in total. The topological polar surface area (TPSA) is 74.2 Å². The van der Waals surface area contributed by atoms with Crippen molar-refractivity contribution in [2.45, 2.75) is 110 Å². The van der Waals surface area contributed by atoms with E-state index in [2.05, 4.69) is 89.3 Å². The second kappa shape index (κ2) is 12.8. The van der Waals surface area contributed by atoms with Gasteiger partial charge in [0.05, 0.1) is 10.6 Å². The first-order valence-corrected chi connectivity index (χ1v) is 20.6. The molecule has 0 radical (unpaired) electrons. The lowest BCUT2D eigenvalue weighted by molar-refractivity contribution is -0.219. The van der Waals surface area contributed by atoms with Gasteiger partial charge in [-0.1, -0.05) is 71.0 Å². The number of nitrogens with one attached hydrogen (secondary N) is 2. The average molecular weight is 696 g/mol. The third-order valence-electron chi connectivity index (χ3n) is 15.9. The molecule has 4 saturated carbocycles. The van der Waals surface area contributed by atoms with E-state index in [1.54, 1.807) is 23.9 Å². The zero-order valence-corrected chi connectivity index (χ0v) is 32.5. The fourth-order valence-corrected chi connectivity index (χ4v) is 13.9. The van der Waals surface area contributed by atoms with Crippen molar-refractivity contribution in [3.63, 3.8) is 0 Å². The van der Waals surface area contributed by atoms with Gasteiger partial charge in [-0.05, 0) is 158 Å². The number of nitrogens with zero attached hydrogens (tertiary/aromatic N) is 1. The molecule has 1 heterocycles. The first kappa shape index (κ1) is 35.8. The Hall–Kier alpha value is -2.57. The molecule has 0 aliphatic heterocycles. The average Bonchev–Trinajstić information content (AvgIpc) is 3.47. The van der Waals surface area contributed by atoms with Gasteiger partial charge in [0.2, 0.25) is 0 Å². The van der Waals surface area contributed by atoms with E-state index in [1.165, 1.54) is 68.1 Å². The molecule has 4 fully saturated rings. The van der Waals surface area contributed by atoms with Crippen LogP contribution < -0.4 is 10.6 Å². The lowest BCUT2D eigenvalue weighted by Gasteiger charge is -2.72. The monoisotopic (exact) mass is 695 g/mol. The first-order chi connectivity index (χ1) is 23.7. The quantitative estimate of drug-likeness (QED) is 0.138. The highest BCUT2D eigenvalue weighted by atomic mass is 32.2. The van der Waals surface area contributed by atoms with E-state index < -0.39 is 5.97 Å². The maximum atomic E-state index is 11.6. The molecule has 0 saturated heterocycles. The van der Waals surface area contributed by atoms with E-state index in [1.807, 2.05) is 12.1 Å². The zero-order valence-electron chi connectivity index (χ0n) is 31.7. The highest BCUT2D eigenvalue weighted by Crippen LogP contribution is 2.76. The number of rotatable bonds is 9. The van der Waals surface area contributed by atoms with Gasteiger partial charge in [0.25, 0.3) is 0 Å². The van der Waals surface area contributed by atoms with Crippen molar-refractivity contribution < 1.29 is 9.90 Å².